The molecule has 152 valence electrons. The molecule has 0 spiro atoms. The van der Waals surface area contributed by atoms with Gasteiger partial charge in [0.25, 0.3) is 0 Å². The van der Waals surface area contributed by atoms with Crippen LogP contribution in [0, 0.1) is 0 Å². The molecule has 0 saturated heterocycles. The summed E-state index contributed by atoms with van der Waals surface area (Å²) in [7, 11) is -3.62. The molecule has 3 rings (SSSR count). The highest BCUT2D eigenvalue weighted by Crippen LogP contribution is 2.37. The Balaban J connectivity index is 2.16. The smallest absolute Gasteiger partial charge is 0.243 e. The van der Waals surface area contributed by atoms with Crippen molar-refractivity contribution in [3.8, 4) is 0 Å². The van der Waals surface area contributed by atoms with E-state index < -0.39 is 10.0 Å². The SMILES string of the molecule is CC(C)c1cc(C(C)C)c(S(=O)(=O)N2CCc3ncncc3C2)c(C(C)C)c1. The molecular formula is C22H31N3O2S. The van der Waals surface area contributed by atoms with Crippen molar-refractivity contribution in [2.24, 2.45) is 0 Å². The second-order valence-electron chi connectivity index (χ2n) is 8.58. The largest absolute Gasteiger partial charge is 0.244 e. The lowest BCUT2D eigenvalue weighted by atomic mass is 9.89. The summed E-state index contributed by atoms with van der Waals surface area (Å²) in [6, 6.07) is 4.18. The average molecular weight is 402 g/mol. The summed E-state index contributed by atoms with van der Waals surface area (Å²) < 4.78 is 29.2. The number of sulfonamides is 1. The quantitative estimate of drug-likeness (QED) is 0.735. The van der Waals surface area contributed by atoms with Gasteiger partial charge in [0.05, 0.1) is 4.90 Å². The third-order valence-electron chi connectivity index (χ3n) is 5.50. The standard InChI is InChI=1S/C22H31N3O2S/c1-14(2)17-9-19(15(3)4)22(20(10-17)16(5)6)28(26,27)25-8-7-21-18(12-25)11-23-13-24-21/h9-11,13-16H,7-8,12H2,1-6H3. The molecule has 1 aliphatic rings. The van der Waals surface area contributed by atoms with E-state index in [9.17, 15) is 8.42 Å². The van der Waals surface area contributed by atoms with Gasteiger partial charge in [0.15, 0.2) is 0 Å². The van der Waals surface area contributed by atoms with Gasteiger partial charge in [-0.25, -0.2) is 18.4 Å². The molecule has 0 saturated carbocycles. The first-order chi connectivity index (χ1) is 13.1. The zero-order chi connectivity index (χ0) is 20.6. The Kier molecular flexibility index (Phi) is 5.92. The summed E-state index contributed by atoms with van der Waals surface area (Å²) in [4.78, 5) is 8.88. The molecule has 1 aromatic carbocycles. The number of benzene rings is 1. The van der Waals surface area contributed by atoms with Gasteiger partial charge in [-0.2, -0.15) is 4.31 Å². The zero-order valence-corrected chi connectivity index (χ0v) is 18.5. The number of fused-ring (bicyclic) bond motifs is 1. The Bertz CT molecular complexity index is 936. The molecular weight excluding hydrogens is 370 g/mol. The summed E-state index contributed by atoms with van der Waals surface area (Å²) in [5.41, 5.74) is 4.89. The van der Waals surface area contributed by atoms with E-state index in [0.29, 0.717) is 30.3 Å². The minimum Gasteiger partial charge on any atom is -0.244 e. The fourth-order valence-corrected chi connectivity index (χ4v) is 5.85. The molecule has 0 amide bonds. The van der Waals surface area contributed by atoms with E-state index in [0.717, 1.165) is 22.4 Å². The Labute approximate surface area is 169 Å². The van der Waals surface area contributed by atoms with Crippen LogP contribution >= 0.6 is 0 Å². The molecule has 1 aliphatic heterocycles. The van der Waals surface area contributed by atoms with Gasteiger partial charge < -0.3 is 0 Å². The lowest BCUT2D eigenvalue weighted by Gasteiger charge is -2.30. The lowest BCUT2D eigenvalue weighted by Crippen LogP contribution is -2.37. The second kappa shape index (κ2) is 7.91. The van der Waals surface area contributed by atoms with Gasteiger partial charge in [0.1, 0.15) is 6.33 Å². The van der Waals surface area contributed by atoms with Gasteiger partial charge in [-0.3, -0.25) is 0 Å². The van der Waals surface area contributed by atoms with Crippen molar-refractivity contribution in [3.63, 3.8) is 0 Å². The van der Waals surface area contributed by atoms with Gasteiger partial charge in [-0.05, 0) is 34.4 Å². The first kappa shape index (κ1) is 20.9. The third-order valence-corrected chi connectivity index (χ3v) is 7.48. The van der Waals surface area contributed by atoms with E-state index in [4.69, 9.17) is 0 Å². The summed E-state index contributed by atoms with van der Waals surface area (Å²) in [6.45, 7) is 13.4. The van der Waals surface area contributed by atoms with Crippen LogP contribution in [-0.4, -0.2) is 29.2 Å². The maximum absolute atomic E-state index is 13.8. The van der Waals surface area contributed by atoms with Crippen molar-refractivity contribution in [1.29, 1.82) is 0 Å². The highest BCUT2D eigenvalue weighted by molar-refractivity contribution is 7.89. The molecule has 0 aliphatic carbocycles. The van der Waals surface area contributed by atoms with Gasteiger partial charge in [-0.15, -0.1) is 0 Å². The van der Waals surface area contributed by atoms with Crippen molar-refractivity contribution < 1.29 is 8.42 Å². The van der Waals surface area contributed by atoms with Crippen molar-refractivity contribution in [1.82, 2.24) is 14.3 Å². The number of nitrogens with zero attached hydrogens (tertiary/aromatic N) is 3. The molecule has 2 aromatic rings. The first-order valence-electron chi connectivity index (χ1n) is 10.1. The van der Waals surface area contributed by atoms with Crippen molar-refractivity contribution in [3.05, 3.63) is 52.6 Å². The minimum atomic E-state index is -3.62. The predicted octanol–water partition coefficient (Wildman–Crippen LogP) is 4.59. The topological polar surface area (TPSA) is 63.2 Å². The first-order valence-corrected chi connectivity index (χ1v) is 11.5. The molecule has 0 fully saturated rings. The van der Waals surface area contributed by atoms with Gasteiger partial charge >= 0.3 is 0 Å². The molecule has 0 unspecified atom stereocenters. The zero-order valence-electron chi connectivity index (χ0n) is 17.7. The van der Waals surface area contributed by atoms with Crippen LogP contribution in [0.5, 0.6) is 0 Å². The maximum atomic E-state index is 13.8. The van der Waals surface area contributed by atoms with E-state index >= 15 is 0 Å². The van der Waals surface area contributed by atoms with Crippen molar-refractivity contribution in [2.45, 2.75) is 77.2 Å². The van der Waals surface area contributed by atoms with E-state index in [-0.39, 0.29) is 11.8 Å². The molecule has 2 heterocycles. The summed E-state index contributed by atoms with van der Waals surface area (Å²) >= 11 is 0. The predicted molar refractivity (Wildman–Crippen MR) is 112 cm³/mol. The highest BCUT2D eigenvalue weighted by Gasteiger charge is 2.34. The fraction of sp³-hybridized carbons (Fsp3) is 0.545. The van der Waals surface area contributed by atoms with Crippen molar-refractivity contribution >= 4 is 10.0 Å². The van der Waals surface area contributed by atoms with Gasteiger partial charge in [0.2, 0.25) is 10.0 Å². The third kappa shape index (κ3) is 3.85. The molecule has 5 nitrogen and oxygen atoms in total. The molecule has 6 heteroatoms. The number of rotatable bonds is 5. The molecule has 0 atom stereocenters. The van der Waals surface area contributed by atoms with Crippen LogP contribution in [0.3, 0.4) is 0 Å². The molecule has 0 N–H and O–H groups in total. The average Bonchev–Trinajstić information content (AvgIpc) is 2.66. The highest BCUT2D eigenvalue weighted by atomic mass is 32.2. The van der Waals surface area contributed by atoms with Gasteiger partial charge in [-0.1, -0.05) is 53.7 Å². The van der Waals surface area contributed by atoms with Crippen LogP contribution in [0.15, 0.2) is 29.6 Å². The second-order valence-corrected chi connectivity index (χ2v) is 10.5. The number of hydrogen-bond acceptors (Lipinski definition) is 4. The number of hydrogen-bond donors (Lipinski definition) is 0. The van der Waals surface area contributed by atoms with Crippen molar-refractivity contribution in [2.75, 3.05) is 6.54 Å². The van der Waals surface area contributed by atoms with Crippen LogP contribution < -0.4 is 0 Å². The molecule has 0 bridgehead atoms. The van der Waals surface area contributed by atoms with E-state index in [1.807, 2.05) is 0 Å². The summed E-state index contributed by atoms with van der Waals surface area (Å²) in [5.74, 6) is 0.605. The van der Waals surface area contributed by atoms with E-state index in [1.54, 1.807) is 10.5 Å². The Morgan fingerprint density at radius 1 is 0.964 bits per heavy atom. The summed E-state index contributed by atoms with van der Waals surface area (Å²) in [5, 5.41) is 0. The normalized spacial score (nSPS) is 15.5. The van der Waals surface area contributed by atoms with Crippen LogP contribution in [0.1, 0.15) is 87.2 Å². The van der Waals surface area contributed by atoms with Crippen LogP contribution in [0.2, 0.25) is 0 Å². The van der Waals surface area contributed by atoms with E-state index in [1.165, 1.54) is 11.9 Å². The molecule has 0 radical (unpaired) electrons. The minimum absolute atomic E-state index is 0.126. The Morgan fingerprint density at radius 3 is 2.11 bits per heavy atom. The monoisotopic (exact) mass is 401 g/mol. The summed E-state index contributed by atoms with van der Waals surface area (Å²) in [6.07, 6.45) is 3.88. The van der Waals surface area contributed by atoms with Crippen LogP contribution in [0.4, 0.5) is 0 Å². The Hall–Kier alpha value is -1.79. The lowest BCUT2D eigenvalue weighted by molar-refractivity contribution is 0.385. The maximum Gasteiger partial charge on any atom is 0.243 e. The Morgan fingerprint density at radius 2 is 1.57 bits per heavy atom. The molecule has 1 aromatic heterocycles. The van der Waals surface area contributed by atoms with Gasteiger partial charge in [0, 0.05) is 37.0 Å². The van der Waals surface area contributed by atoms with Crippen LogP contribution in [0.25, 0.3) is 0 Å². The molecule has 28 heavy (non-hydrogen) atoms. The van der Waals surface area contributed by atoms with Crippen LogP contribution in [-0.2, 0) is 23.0 Å². The fourth-order valence-electron chi connectivity index (χ4n) is 3.76. The van der Waals surface area contributed by atoms with E-state index in [2.05, 4.69) is 63.6 Å². The number of aromatic nitrogens is 2.